The molecule has 0 bridgehead atoms. The highest BCUT2D eigenvalue weighted by Crippen LogP contribution is 2.23. The van der Waals surface area contributed by atoms with E-state index >= 15 is 0 Å². The van der Waals surface area contributed by atoms with Crippen molar-refractivity contribution in [2.75, 3.05) is 14.2 Å². The summed E-state index contributed by atoms with van der Waals surface area (Å²) in [5.41, 5.74) is 6.05. The van der Waals surface area contributed by atoms with Gasteiger partial charge in [-0.05, 0) is 49.2 Å². The molecule has 5 heteroatoms. The predicted molar refractivity (Wildman–Crippen MR) is 90.5 cm³/mol. The van der Waals surface area contributed by atoms with Crippen LogP contribution in [-0.4, -0.2) is 26.3 Å². The summed E-state index contributed by atoms with van der Waals surface area (Å²) in [5, 5.41) is 3.99. The zero-order valence-corrected chi connectivity index (χ0v) is 13.7. The van der Waals surface area contributed by atoms with Crippen molar-refractivity contribution in [1.29, 1.82) is 0 Å². The highest BCUT2D eigenvalue weighted by molar-refractivity contribution is 5.95. The smallest absolute Gasteiger partial charge is 0.271 e. The van der Waals surface area contributed by atoms with Crippen molar-refractivity contribution in [3.05, 3.63) is 58.7 Å². The highest BCUT2D eigenvalue weighted by Gasteiger charge is 2.06. The van der Waals surface area contributed by atoms with Crippen LogP contribution in [0.3, 0.4) is 0 Å². The SMILES string of the molecule is COc1ccc(C=NNC(=O)c2ccc(C)c(C)c2)c(OC)c1. The van der Waals surface area contributed by atoms with Gasteiger partial charge in [-0.3, -0.25) is 4.79 Å². The van der Waals surface area contributed by atoms with E-state index in [0.29, 0.717) is 17.1 Å². The fourth-order valence-corrected chi connectivity index (χ4v) is 2.03. The molecule has 0 saturated heterocycles. The molecular formula is C18H20N2O3. The Kier molecular flexibility index (Phi) is 5.36. The zero-order chi connectivity index (χ0) is 16.8. The normalized spacial score (nSPS) is 10.6. The van der Waals surface area contributed by atoms with Crippen LogP contribution in [0.2, 0.25) is 0 Å². The topological polar surface area (TPSA) is 59.9 Å². The van der Waals surface area contributed by atoms with Crippen LogP contribution in [0.1, 0.15) is 27.0 Å². The van der Waals surface area contributed by atoms with Gasteiger partial charge in [0.1, 0.15) is 11.5 Å². The number of nitrogens with zero attached hydrogens (tertiary/aromatic N) is 1. The third kappa shape index (κ3) is 4.10. The summed E-state index contributed by atoms with van der Waals surface area (Å²) in [6.07, 6.45) is 1.54. The summed E-state index contributed by atoms with van der Waals surface area (Å²) in [4.78, 5) is 12.1. The van der Waals surface area contributed by atoms with Crippen LogP contribution in [0, 0.1) is 13.8 Å². The molecule has 0 aliphatic rings. The van der Waals surface area contributed by atoms with Gasteiger partial charge in [-0.2, -0.15) is 5.10 Å². The summed E-state index contributed by atoms with van der Waals surface area (Å²) in [6.45, 7) is 3.97. The van der Waals surface area contributed by atoms with Gasteiger partial charge in [0, 0.05) is 17.2 Å². The van der Waals surface area contributed by atoms with E-state index in [4.69, 9.17) is 9.47 Å². The minimum absolute atomic E-state index is 0.253. The first kappa shape index (κ1) is 16.5. The minimum atomic E-state index is -0.253. The van der Waals surface area contributed by atoms with E-state index in [-0.39, 0.29) is 5.91 Å². The number of carbonyl (C=O) groups is 1. The van der Waals surface area contributed by atoms with Crippen LogP contribution in [0.5, 0.6) is 11.5 Å². The Balaban J connectivity index is 2.09. The molecule has 0 saturated carbocycles. The quantitative estimate of drug-likeness (QED) is 0.682. The maximum absolute atomic E-state index is 12.1. The largest absolute Gasteiger partial charge is 0.497 e. The lowest BCUT2D eigenvalue weighted by Gasteiger charge is -2.07. The van der Waals surface area contributed by atoms with Gasteiger partial charge in [0.25, 0.3) is 5.91 Å². The van der Waals surface area contributed by atoms with Gasteiger partial charge in [-0.25, -0.2) is 5.43 Å². The maximum atomic E-state index is 12.1. The number of benzene rings is 2. The number of ether oxygens (including phenoxy) is 2. The Morgan fingerprint density at radius 3 is 2.48 bits per heavy atom. The lowest BCUT2D eigenvalue weighted by Crippen LogP contribution is -2.17. The van der Waals surface area contributed by atoms with E-state index in [9.17, 15) is 4.79 Å². The van der Waals surface area contributed by atoms with E-state index in [1.54, 1.807) is 32.4 Å². The minimum Gasteiger partial charge on any atom is -0.497 e. The van der Waals surface area contributed by atoms with Gasteiger partial charge < -0.3 is 9.47 Å². The number of hydrazone groups is 1. The van der Waals surface area contributed by atoms with E-state index in [1.165, 1.54) is 6.21 Å². The molecule has 0 radical (unpaired) electrons. The molecule has 5 nitrogen and oxygen atoms in total. The molecule has 0 unspecified atom stereocenters. The molecule has 0 atom stereocenters. The zero-order valence-electron chi connectivity index (χ0n) is 13.7. The van der Waals surface area contributed by atoms with E-state index in [1.807, 2.05) is 32.0 Å². The van der Waals surface area contributed by atoms with E-state index in [2.05, 4.69) is 10.5 Å². The van der Waals surface area contributed by atoms with Gasteiger partial charge in [-0.15, -0.1) is 0 Å². The van der Waals surface area contributed by atoms with Gasteiger partial charge in [-0.1, -0.05) is 6.07 Å². The molecule has 2 aromatic carbocycles. The van der Waals surface area contributed by atoms with Crippen LogP contribution in [0.4, 0.5) is 0 Å². The Morgan fingerprint density at radius 2 is 1.83 bits per heavy atom. The Labute approximate surface area is 135 Å². The summed E-state index contributed by atoms with van der Waals surface area (Å²) in [5.74, 6) is 1.06. The van der Waals surface area contributed by atoms with Crippen LogP contribution < -0.4 is 14.9 Å². The molecule has 23 heavy (non-hydrogen) atoms. The van der Waals surface area contributed by atoms with Crippen LogP contribution in [0.15, 0.2) is 41.5 Å². The molecule has 120 valence electrons. The molecule has 0 aromatic heterocycles. The Morgan fingerprint density at radius 1 is 1.04 bits per heavy atom. The molecule has 0 spiro atoms. The molecule has 0 fully saturated rings. The van der Waals surface area contributed by atoms with Crippen LogP contribution in [-0.2, 0) is 0 Å². The van der Waals surface area contributed by atoms with Crippen molar-refractivity contribution in [1.82, 2.24) is 5.43 Å². The average molecular weight is 312 g/mol. The summed E-state index contributed by atoms with van der Waals surface area (Å²) < 4.78 is 10.4. The first-order chi connectivity index (χ1) is 11.0. The monoisotopic (exact) mass is 312 g/mol. The number of aryl methyl sites for hydroxylation is 2. The van der Waals surface area contributed by atoms with Crippen molar-refractivity contribution in [3.63, 3.8) is 0 Å². The van der Waals surface area contributed by atoms with Crippen molar-refractivity contribution >= 4 is 12.1 Å². The van der Waals surface area contributed by atoms with Crippen molar-refractivity contribution in [2.24, 2.45) is 5.10 Å². The van der Waals surface area contributed by atoms with Crippen molar-refractivity contribution in [3.8, 4) is 11.5 Å². The van der Waals surface area contributed by atoms with Gasteiger partial charge in [0.15, 0.2) is 0 Å². The van der Waals surface area contributed by atoms with E-state index < -0.39 is 0 Å². The van der Waals surface area contributed by atoms with Gasteiger partial charge in [0.2, 0.25) is 0 Å². The number of methoxy groups -OCH3 is 2. The summed E-state index contributed by atoms with van der Waals surface area (Å²) in [7, 11) is 3.16. The second-order valence-electron chi connectivity index (χ2n) is 5.11. The molecule has 2 rings (SSSR count). The standard InChI is InChI=1S/C18H20N2O3/c1-12-5-6-14(9-13(12)2)18(21)20-19-11-15-7-8-16(22-3)10-17(15)23-4/h5-11H,1-4H3,(H,20,21). The van der Waals surface area contributed by atoms with Crippen molar-refractivity contribution in [2.45, 2.75) is 13.8 Å². The Hall–Kier alpha value is -2.82. The first-order valence-electron chi connectivity index (χ1n) is 7.18. The van der Waals surface area contributed by atoms with Gasteiger partial charge >= 0.3 is 0 Å². The molecule has 1 amide bonds. The fraction of sp³-hybridized carbons (Fsp3) is 0.222. The second kappa shape index (κ2) is 7.45. The lowest BCUT2D eigenvalue weighted by molar-refractivity contribution is 0.0955. The predicted octanol–water partition coefficient (Wildman–Crippen LogP) is 3.08. The average Bonchev–Trinajstić information content (AvgIpc) is 2.57. The number of rotatable bonds is 5. The maximum Gasteiger partial charge on any atom is 0.271 e. The van der Waals surface area contributed by atoms with Crippen molar-refractivity contribution < 1.29 is 14.3 Å². The molecular weight excluding hydrogens is 292 g/mol. The van der Waals surface area contributed by atoms with E-state index in [0.717, 1.165) is 16.7 Å². The molecule has 0 heterocycles. The number of hydrogen-bond acceptors (Lipinski definition) is 4. The molecule has 0 aliphatic carbocycles. The van der Waals surface area contributed by atoms with Gasteiger partial charge in [0.05, 0.1) is 20.4 Å². The number of nitrogens with one attached hydrogen (secondary N) is 1. The fourth-order valence-electron chi connectivity index (χ4n) is 2.03. The molecule has 2 aromatic rings. The first-order valence-corrected chi connectivity index (χ1v) is 7.18. The third-order valence-electron chi connectivity index (χ3n) is 3.58. The number of hydrogen-bond donors (Lipinski definition) is 1. The van der Waals surface area contributed by atoms with Crippen LogP contribution in [0.25, 0.3) is 0 Å². The Bertz CT molecular complexity index is 739. The highest BCUT2D eigenvalue weighted by atomic mass is 16.5. The third-order valence-corrected chi connectivity index (χ3v) is 3.58. The second-order valence-corrected chi connectivity index (χ2v) is 5.11. The molecule has 0 aliphatic heterocycles. The van der Waals surface area contributed by atoms with Crippen LogP contribution >= 0.6 is 0 Å². The number of carbonyl (C=O) groups excluding carboxylic acids is 1. The summed E-state index contributed by atoms with van der Waals surface area (Å²) >= 11 is 0. The summed E-state index contributed by atoms with van der Waals surface area (Å²) in [6, 6.07) is 10.9. The lowest BCUT2D eigenvalue weighted by atomic mass is 10.1. The number of amides is 1. The molecule has 1 N–H and O–H groups in total.